The highest BCUT2D eigenvalue weighted by Crippen LogP contribution is 2.09. The molecular formula is C9H21N3O. The minimum Gasteiger partial charge on any atom is -0.409 e. The van der Waals surface area contributed by atoms with Crippen LogP contribution in [0.1, 0.15) is 33.6 Å². The molecule has 0 rings (SSSR count). The molecule has 1 atom stereocenters. The molecular weight excluding hydrogens is 166 g/mol. The standard InChI is InChI=1S/C9H21N3O/c1-5-8(6-2)12(4)7(3)9(10)11-13/h7-8,13H,5-6H2,1-4H3,(H2,10,11). The first-order valence-electron chi connectivity index (χ1n) is 4.77. The number of hydrogen-bond acceptors (Lipinski definition) is 3. The van der Waals surface area contributed by atoms with Gasteiger partial charge in [-0.25, -0.2) is 0 Å². The number of oxime groups is 1. The predicted octanol–water partition coefficient (Wildman–Crippen LogP) is 1.24. The fraction of sp³-hybridized carbons (Fsp3) is 0.889. The fourth-order valence-corrected chi connectivity index (χ4v) is 1.47. The summed E-state index contributed by atoms with van der Waals surface area (Å²) in [5.41, 5.74) is 5.52. The van der Waals surface area contributed by atoms with Crippen LogP contribution in [0.15, 0.2) is 5.16 Å². The van der Waals surface area contributed by atoms with Gasteiger partial charge in [0.2, 0.25) is 0 Å². The lowest BCUT2D eigenvalue weighted by Crippen LogP contribution is -2.45. The lowest BCUT2D eigenvalue weighted by atomic mass is 10.1. The third-order valence-corrected chi connectivity index (χ3v) is 2.67. The topological polar surface area (TPSA) is 61.8 Å². The monoisotopic (exact) mass is 187 g/mol. The van der Waals surface area contributed by atoms with Gasteiger partial charge < -0.3 is 10.9 Å². The van der Waals surface area contributed by atoms with E-state index in [-0.39, 0.29) is 11.9 Å². The molecule has 78 valence electrons. The van der Waals surface area contributed by atoms with Crippen molar-refractivity contribution in [3.05, 3.63) is 0 Å². The van der Waals surface area contributed by atoms with E-state index < -0.39 is 0 Å². The average molecular weight is 187 g/mol. The Morgan fingerprint density at radius 2 is 1.92 bits per heavy atom. The number of nitrogens with two attached hydrogens (primary N) is 1. The summed E-state index contributed by atoms with van der Waals surface area (Å²) in [5, 5.41) is 11.5. The Kier molecular flexibility index (Phi) is 5.46. The first kappa shape index (κ1) is 12.2. The lowest BCUT2D eigenvalue weighted by Gasteiger charge is -2.30. The SMILES string of the molecule is CCC(CC)N(C)C(C)C(N)=NO. The highest BCUT2D eigenvalue weighted by molar-refractivity contribution is 5.84. The Hall–Kier alpha value is -0.770. The second-order valence-corrected chi connectivity index (χ2v) is 3.34. The maximum absolute atomic E-state index is 8.52. The molecule has 0 bridgehead atoms. The largest absolute Gasteiger partial charge is 0.409 e. The minimum absolute atomic E-state index is 0.00472. The third kappa shape index (κ3) is 3.22. The molecule has 0 aliphatic carbocycles. The van der Waals surface area contributed by atoms with Crippen LogP contribution in [0.4, 0.5) is 0 Å². The van der Waals surface area contributed by atoms with Crippen LogP contribution < -0.4 is 5.73 Å². The van der Waals surface area contributed by atoms with Gasteiger partial charge in [0.25, 0.3) is 0 Å². The van der Waals surface area contributed by atoms with Crippen LogP contribution in [0.25, 0.3) is 0 Å². The Bertz CT molecular complexity index is 166. The van der Waals surface area contributed by atoms with E-state index in [1.165, 1.54) is 0 Å². The molecule has 0 aliphatic heterocycles. The van der Waals surface area contributed by atoms with Crippen molar-refractivity contribution in [3.8, 4) is 0 Å². The van der Waals surface area contributed by atoms with Gasteiger partial charge in [0.15, 0.2) is 5.84 Å². The molecule has 0 aromatic rings. The molecule has 3 N–H and O–H groups in total. The van der Waals surface area contributed by atoms with Crippen molar-refractivity contribution in [2.24, 2.45) is 10.9 Å². The molecule has 0 heterocycles. The van der Waals surface area contributed by atoms with Gasteiger partial charge in [-0.1, -0.05) is 19.0 Å². The van der Waals surface area contributed by atoms with Crippen molar-refractivity contribution in [3.63, 3.8) is 0 Å². The Balaban J connectivity index is 4.30. The summed E-state index contributed by atoms with van der Waals surface area (Å²) in [5.74, 6) is 0.273. The Labute approximate surface area is 80.4 Å². The van der Waals surface area contributed by atoms with Crippen molar-refractivity contribution in [1.29, 1.82) is 0 Å². The maximum atomic E-state index is 8.52. The maximum Gasteiger partial charge on any atom is 0.156 e. The van der Waals surface area contributed by atoms with Gasteiger partial charge in [-0.3, -0.25) is 4.90 Å². The first-order chi connectivity index (χ1) is 6.08. The van der Waals surface area contributed by atoms with Crippen LogP contribution in [0.3, 0.4) is 0 Å². The zero-order chi connectivity index (χ0) is 10.4. The summed E-state index contributed by atoms with van der Waals surface area (Å²) in [4.78, 5) is 2.13. The molecule has 13 heavy (non-hydrogen) atoms. The summed E-state index contributed by atoms with van der Waals surface area (Å²) in [7, 11) is 2.00. The molecule has 0 saturated heterocycles. The molecule has 0 amide bonds. The number of amidine groups is 1. The normalized spacial score (nSPS) is 15.4. The summed E-state index contributed by atoms with van der Waals surface area (Å²) in [6.07, 6.45) is 2.16. The molecule has 4 nitrogen and oxygen atoms in total. The van der Waals surface area contributed by atoms with Crippen molar-refractivity contribution in [2.45, 2.75) is 45.7 Å². The van der Waals surface area contributed by atoms with Crippen LogP contribution in [-0.2, 0) is 0 Å². The quantitative estimate of drug-likeness (QED) is 0.294. The summed E-state index contributed by atoms with van der Waals surface area (Å²) in [6, 6.07) is 0.491. The van der Waals surface area contributed by atoms with Crippen molar-refractivity contribution in [2.75, 3.05) is 7.05 Å². The Morgan fingerprint density at radius 3 is 2.23 bits per heavy atom. The van der Waals surface area contributed by atoms with Gasteiger partial charge in [0.05, 0.1) is 6.04 Å². The summed E-state index contributed by atoms with van der Waals surface area (Å²) >= 11 is 0. The molecule has 0 aromatic carbocycles. The van der Waals surface area contributed by atoms with E-state index in [0.717, 1.165) is 12.8 Å². The van der Waals surface area contributed by atoms with E-state index in [9.17, 15) is 0 Å². The summed E-state index contributed by atoms with van der Waals surface area (Å²) < 4.78 is 0. The smallest absolute Gasteiger partial charge is 0.156 e. The number of rotatable bonds is 5. The van der Waals surface area contributed by atoms with Gasteiger partial charge in [-0.2, -0.15) is 0 Å². The van der Waals surface area contributed by atoms with Gasteiger partial charge in [-0.05, 0) is 26.8 Å². The van der Waals surface area contributed by atoms with E-state index in [1.54, 1.807) is 0 Å². The highest BCUT2D eigenvalue weighted by Gasteiger charge is 2.19. The predicted molar refractivity (Wildman–Crippen MR) is 55.0 cm³/mol. The van der Waals surface area contributed by atoms with Crippen LogP contribution in [0.2, 0.25) is 0 Å². The molecule has 1 unspecified atom stereocenters. The molecule has 0 spiro atoms. The van der Waals surface area contributed by atoms with Crippen molar-refractivity contribution in [1.82, 2.24) is 4.90 Å². The van der Waals surface area contributed by atoms with Gasteiger partial charge >= 0.3 is 0 Å². The second kappa shape index (κ2) is 5.80. The minimum atomic E-state index is -0.00472. The van der Waals surface area contributed by atoms with Crippen molar-refractivity contribution < 1.29 is 5.21 Å². The summed E-state index contributed by atoms with van der Waals surface area (Å²) in [6.45, 7) is 6.22. The first-order valence-corrected chi connectivity index (χ1v) is 4.77. The number of nitrogens with zero attached hydrogens (tertiary/aromatic N) is 2. The zero-order valence-electron chi connectivity index (χ0n) is 8.99. The highest BCUT2D eigenvalue weighted by atomic mass is 16.4. The van der Waals surface area contributed by atoms with E-state index in [0.29, 0.717) is 6.04 Å². The van der Waals surface area contributed by atoms with Crippen LogP contribution >= 0.6 is 0 Å². The van der Waals surface area contributed by atoms with E-state index in [4.69, 9.17) is 10.9 Å². The Morgan fingerprint density at radius 1 is 1.46 bits per heavy atom. The molecule has 0 aromatic heterocycles. The molecule has 0 fully saturated rings. The zero-order valence-corrected chi connectivity index (χ0v) is 8.99. The number of hydrogen-bond donors (Lipinski definition) is 2. The van der Waals surface area contributed by atoms with Gasteiger partial charge in [-0.15, -0.1) is 0 Å². The van der Waals surface area contributed by atoms with E-state index in [1.807, 2.05) is 14.0 Å². The molecule has 0 saturated carbocycles. The van der Waals surface area contributed by atoms with Crippen LogP contribution in [0.5, 0.6) is 0 Å². The van der Waals surface area contributed by atoms with Gasteiger partial charge in [0.1, 0.15) is 0 Å². The average Bonchev–Trinajstić information content (AvgIpc) is 2.17. The fourth-order valence-electron chi connectivity index (χ4n) is 1.47. The number of likely N-dealkylation sites (N-methyl/N-ethyl adjacent to an activating group) is 1. The van der Waals surface area contributed by atoms with Crippen LogP contribution in [0, 0.1) is 0 Å². The lowest BCUT2D eigenvalue weighted by molar-refractivity contribution is 0.206. The third-order valence-electron chi connectivity index (χ3n) is 2.67. The van der Waals surface area contributed by atoms with E-state index >= 15 is 0 Å². The molecule has 0 radical (unpaired) electrons. The molecule has 4 heteroatoms. The molecule has 0 aliphatic rings. The van der Waals surface area contributed by atoms with Gasteiger partial charge in [0, 0.05) is 6.04 Å². The van der Waals surface area contributed by atoms with Crippen LogP contribution in [-0.4, -0.2) is 35.1 Å². The van der Waals surface area contributed by atoms with Crippen molar-refractivity contribution >= 4 is 5.84 Å². The second-order valence-electron chi connectivity index (χ2n) is 3.34. The van der Waals surface area contributed by atoms with E-state index in [2.05, 4.69) is 23.9 Å².